The summed E-state index contributed by atoms with van der Waals surface area (Å²) in [5, 5.41) is 6.22. The third kappa shape index (κ3) is 7.51. The van der Waals surface area contributed by atoms with Crippen LogP contribution in [0.2, 0.25) is 0 Å². The molecule has 5 aliphatic heterocycles. The lowest BCUT2D eigenvalue weighted by Gasteiger charge is -2.38. The first kappa shape index (κ1) is 37.0. The van der Waals surface area contributed by atoms with Crippen molar-refractivity contribution in [2.24, 2.45) is 5.92 Å². The van der Waals surface area contributed by atoms with E-state index >= 15 is 0 Å². The van der Waals surface area contributed by atoms with Crippen LogP contribution >= 0.6 is 0 Å². The first-order valence-corrected chi connectivity index (χ1v) is 20.3. The molecule has 4 saturated heterocycles. The standard InChI is InChI=1S/C43H48N8O6/c1-48-16-2-3-36(48)35-21-28-24-44-38(23-34(28)45-35)46-40(53)27-4-7-30(8-5-27)57-31-14-17-49(18-15-31)25-26-12-19-50(20-13-26)29-6-9-32-33(22-29)43(56)51(42(32)55)37-10-11-39(52)47-41(37)54/h4-9,21-24,26,31,36-37,45H,2-3,10-20,25H2,1H3,(H,44,46,53)(H,47,52,54)/t36-,37?/m1/s1. The van der Waals surface area contributed by atoms with Gasteiger partial charge in [-0.25, -0.2) is 4.98 Å². The number of nitrogens with zero attached hydrogens (tertiary/aromatic N) is 5. The molecule has 0 saturated carbocycles. The SMILES string of the molecule is CN1CCC[C@@H]1c1cc2cnc(NC(=O)c3ccc(OC4CCN(CC5CCN(c6ccc7c(c6)C(=O)N(C6CCC(=O)NC6=O)C7=O)CC5)CC4)cc3)cc2[nH]1. The third-order valence-electron chi connectivity index (χ3n) is 12.5. The van der Waals surface area contributed by atoms with Gasteiger partial charge < -0.3 is 24.8 Å². The Morgan fingerprint density at radius 3 is 2.35 bits per heavy atom. The zero-order chi connectivity index (χ0) is 39.2. The van der Waals surface area contributed by atoms with Gasteiger partial charge in [-0.3, -0.25) is 39.1 Å². The highest BCUT2D eigenvalue weighted by Gasteiger charge is 2.45. The quantitative estimate of drug-likeness (QED) is 0.203. The maximum atomic E-state index is 13.3. The molecule has 296 valence electrons. The molecular weight excluding hydrogens is 725 g/mol. The molecule has 0 aliphatic carbocycles. The number of rotatable bonds is 9. The Kier molecular flexibility index (Phi) is 9.99. The van der Waals surface area contributed by atoms with Crippen LogP contribution < -0.4 is 20.3 Å². The maximum absolute atomic E-state index is 13.3. The highest BCUT2D eigenvalue weighted by atomic mass is 16.5. The summed E-state index contributed by atoms with van der Waals surface area (Å²) in [7, 11) is 2.15. The number of hydrogen-bond acceptors (Lipinski definition) is 10. The number of benzene rings is 2. The Labute approximate surface area is 330 Å². The van der Waals surface area contributed by atoms with Crippen molar-refractivity contribution in [1.29, 1.82) is 0 Å². The Morgan fingerprint density at radius 2 is 1.61 bits per heavy atom. The Hall–Kier alpha value is -5.60. The average Bonchev–Trinajstić information content (AvgIpc) is 3.91. The second-order valence-electron chi connectivity index (χ2n) is 16.2. The number of piperidine rings is 3. The molecule has 3 N–H and O–H groups in total. The summed E-state index contributed by atoms with van der Waals surface area (Å²) in [5.41, 5.74) is 4.21. The Balaban J connectivity index is 0.716. The molecule has 5 amide bonds. The van der Waals surface area contributed by atoms with Gasteiger partial charge in [0.1, 0.15) is 23.7 Å². The normalized spacial score (nSPS) is 22.7. The monoisotopic (exact) mass is 772 g/mol. The molecule has 14 nitrogen and oxygen atoms in total. The number of H-pyrrole nitrogens is 1. The third-order valence-corrected chi connectivity index (χ3v) is 12.5. The van der Waals surface area contributed by atoms with Crippen molar-refractivity contribution in [3.8, 4) is 5.75 Å². The lowest BCUT2D eigenvalue weighted by Crippen LogP contribution is -2.54. The van der Waals surface area contributed by atoms with Gasteiger partial charge in [0.2, 0.25) is 11.8 Å². The fourth-order valence-corrected chi connectivity index (χ4v) is 9.27. The van der Waals surface area contributed by atoms with Gasteiger partial charge in [-0.05, 0) is 113 Å². The fraction of sp³-hybridized carbons (Fsp3) is 0.442. The van der Waals surface area contributed by atoms with Gasteiger partial charge in [0.15, 0.2) is 0 Å². The van der Waals surface area contributed by atoms with Crippen LogP contribution in [0.25, 0.3) is 10.9 Å². The van der Waals surface area contributed by atoms with Crippen LogP contribution in [0.4, 0.5) is 11.5 Å². The number of imide groups is 2. The number of amides is 5. The highest BCUT2D eigenvalue weighted by Crippen LogP contribution is 2.34. The minimum Gasteiger partial charge on any atom is -0.490 e. The van der Waals surface area contributed by atoms with Crippen LogP contribution in [0.5, 0.6) is 5.75 Å². The molecule has 57 heavy (non-hydrogen) atoms. The molecule has 1 unspecified atom stereocenters. The summed E-state index contributed by atoms with van der Waals surface area (Å²) in [6.45, 7) is 5.77. The van der Waals surface area contributed by atoms with Crippen LogP contribution in [-0.2, 0) is 9.59 Å². The lowest BCUT2D eigenvalue weighted by atomic mass is 9.94. The van der Waals surface area contributed by atoms with E-state index in [9.17, 15) is 24.0 Å². The molecule has 5 aliphatic rings. The van der Waals surface area contributed by atoms with Crippen molar-refractivity contribution in [1.82, 2.24) is 30.0 Å². The maximum Gasteiger partial charge on any atom is 0.262 e. The van der Waals surface area contributed by atoms with Gasteiger partial charge in [-0.1, -0.05) is 0 Å². The second kappa shape index (κ2) is 15.4. The van der Waals surface area contributed by atoms with Crippen LogP contribution in [0, 0.1) is 5.92 Å². The minimum absolute atomic E-state index is 0.0964. The number of aromatic nitrogens is 2. The molecule has 2 aromatic heterocycles. The molecule has 0 spiro atoms. The van der Waals surface area contributed by atoms with Crippen molar-refractivity contribution in [3.05, 3.63) is 83.2 Å². The van der Waals surface area contributed by atoms with Crippen LogP contribution in [0.15, 0.2) is 60.8 Å². The molecule has 2 aromatic carbocycles. The number of likely N-dealkylation sites (tertiary alicyclic amines) is 2. The number of ether oxygens (including phenoxy) is 1. The summed E-state index contributed by atoms with van der Waals surface area (Å²) in [6.07, 6.45) is 8.41. The van der Waals surface area contributed by atoms with E-state index in [1.54, 1.807) is 30.5 Å². The first-order chi connectivity index (χ1) is 27.7. The Morgan fingerprint density at radius 1 is 0.842 bits per heavy atom. The number of carbonyl (C=O) groups excluding carboxylic acids is 5. The van der Waals surface area contributed by atoms with Gasteiger partial charge >= 0.3 is 0 Å². The molecule has 0 bridgehead atoms. The molecule has 14 heteroatoms. The van der Waals surface area contributed by atoms with Crippen molar-refractivity contribution in [2.45, 2.75) is 69.6 Å². The fourth-order valence-electron chi connectivity index (χ4n) is 9.27. The first-order valence-electron chi connectivity index (χ1n) is 20.3. The molecular formula is C43H48N8O6. The summed E-state index contributed by atoms with van der Waals surface area (Å²) >= 11 is 0. The zero-order valence-electron chi connectivity index (χ0n) is 32.2. The lowest BCUT2D eigenvalue weighted by molar-refractivity contribution is -0.136. The minimum atomic E-state index is -0.967. The number of nitrogens with one attached hydrogen (secondary N) is 3. The molecule has 0 radical (unpaired) electrons. The van der Waals surface area contributed by atoms with Gasteiger partial charge in [0.05, 0.1) is 16.6 Å². The number of pyridine rings is 1. The van der Waals surface area contributed by atoms with Crippen LogP contribution in [-0.4, -0.2) is 113 Å². The molecule has 9 rings (SSSR count). The smallest absolute Gasteiger partial charge is 0.262 e. The predicted molar refractivity (Wildman–Crippen MR) is 213 cm³/mol. The van der Waals surface area contributed by atoms with E-state index in [1.165, 1.54) is 12.1 Å². The molecule has 4 fully saturated rings. The van der Waals surface area contributed by atoms with Crippen molar-refractivity contribution in [2.75, 3.05) is 56.5 Å². The van der Waals surface area contributed by atoms with E-state index in [1.807, 2.05) is 24.3 Å². The zero-order valence-corrected chi connectivity index (χ0v) is 32.2. The van der Waals surface area contributed by atoms with Gasteiger partial charge in [-0.2, -0.15) is 0 Å². The number of hydrogen-bond donors (Lipinski definition) is 3. The highest BCUT2D eigenvalue weighted by molar-refractivity contribution is 6.23. The van der Waals surface area contributed by atoms with E-state index in [4.69, 9.17) is 4.74 Å². The van der Waals surface area contributed by atoms with Gasteiger partial charge in [-0.15, -0.1) is 0 Å². The summed E-state index contributed by atoms with van der Waals surface area (Å²) < 4.78 is 6.34. The van der Waals surface area contributed by atoms with Gasteiger partial charge in [0, 0.05) is 79.8 Å². The molecule has 2 atom stereocenters. The van der Waals surface area contributed by atoms with Crippen LogP contribution in [0.3, 0.4) is 0 Å². The number of fused-ring (bicyclic) bond motifs is 2. The van der Waals surface area contributed by atoms with E-state index in [0.717, 1.165) is 98.6 Å². The predicted octanol–water partition coefficient (Wildman–Crippen LogP) is 4.74. The molecule has 4 aromatic rings. The van der Waals surface area contributed by atoms with Crippen molar-refractivity contribution in [3.63, 3.8) is 0 Å². The number of carbonyl (C=O) groups is 5. The number of aromatic amines is 1. The van der Waals surface area contributed by atoms with Crippen molar-refractivity contribution >= 4 is 51.9 Å². The summed E-state index contributed by atoms with van der Waals surface area (Å²) in [5.74, 6) is -0.335. The van der Waals surface area contributed by atoms with E-state index in [0.29, 0.717) is 34.5 Å². The Bertz CT molecular complexity index is 2220. The van der Waals surface area contributed by atoms with Gasteiger partial charge in [0.25, 0.3) is 17.7 Å². The van der Waals surface area contributed by atoms with E-state index in [2.05, 4.69) is 48.4 Å². The number of anilines is 2. The second-order valence-corrected chi connectivity index (χ2v) is 16.2. The summed E-state index contributed by atoms with van der Waals surface area (Å²) in [4.78, 5) is 79.7. The topological polar surface area (TPSA) is 160 Å². The van der Waals surface area contributed by atoms with Crippen molar-refractivity contribution < 1.29 is 28.7 Å². The van der Waals surface area contributed by atoms with Crippen LogP contribution in [0.1, 0.15) is 94.2 Å². The largest absolute Gasteiger partial charge is 0.490 e. The summed E-state index contributed by atoms with van der Waals surface area (Å²) in [6, 6.07) is 16.2. The van der Waals surface area contributed by atoms with E-state index in [-0.39, 0.29) is 30.8 Å². The van der Waals surface area contributed by atoms with E-state index < -0.39 is 23.8 Å². The molecule has 7 heterocycles. The average molecular weight is 773 g/mol.